The Labute approximate surface area is 240 Å². The van der Waals surface area contributed by atoms with Gasteiger partial charge in [-0.15, -0.1) is 0 Å². The van der Waals surface area contributed by atoms with Crippen LogP contribution in [0.2, 0.25) is 0 Å². The molecule has 0 unspecified atom stereocenters. The number of allylic oxidation sites excluding steroid dienone is 5. The minimum atomic E-state index is 0.637. The van der Waals surface area contributed by atoms with Gasteiger partial charge in [-0.3, -0.25) is 0 Å². The van der Waals surface area contributed by atoms with Crippen LogP contribution >= 0.6 is 0 Å². The number of benzene rings is 5. The van der Waals surface area contributed by atoms with E-state index in [0.29, 0.717) is 17.5 Å². The quantitative estimate of drug-likeness (QED) is 0.194. The van der Waals surface area contributed by atoms with Crippen molar-refractivity contribution in [3.05, 3.63) is 164 Å². The summed E-state index contributed by atoms with van der Waals surface area (Å²) in [6.07, 6.45) is 5.98. The van der Waals surface area contributed by atoms with Gasteiger partial charge in [-0.1, -0.05) is 152 Å². The number of hydrogen-bond acceptors (Lipinski definition) is 3. The molecule has 0 aliphatic rings. The third kappa shape index (κ3) is 5.66. The fourth-order valence-corrected chi connectivity index (χ4v) is 4.87. The zero-order chi connectivity index (χ0) is 28.0. The summed E-state index contributed by atoms with van der Waals surface area (Å²) < 4.78 is 0. The average molecular weight is 528 g/mol. The van der Waals surface area contributed by atoms with Crippen molar-refractivity contribution < 1.29 is 0 Å². The van der Waals surface area contributed by atoms with Crippen LogP contribution in [0.3, 0.4) is 0 Å². The highest BCUT2D eigenvalue weighted by atomic mass is 15.0. The third-order valence-electron chi connectivity index (χ3n) is 7.11. The van der Waals surface area contributed by atoms with Gasteiger partial charge in [0.2, 0.25) is 0 Å². The lowest BCUT2D eigenvalue weighted by molar-refractivity contribution is 1.03. The second-order valence-corrected chi connectivity index (χ2v) is 9.82. The first-order valence-corrected chi connectivity index (χ1v) is 13.7. The Morgan fingerprint density at radius 3 is 1.93 bits per heavy atom. The zero-order valence-corrected chi connectivity index (χ0v) is 22.9. The van der Waals surface area contributed by atoms with Crippen LogP contribution in [0.25, 0.3) is 55.8 Å². The van der Waals surface area contributed by atoms with E-state index in [1.807, 2.05) is 49.4 Å². The smallest absolute Gasteiger partial charge is 0.164 e. The first-order chi connectivity index (χ1) is 20.2. The molecule has 196 valence electrons. The molecule has 5 aromatic carbocycles. The van der Waals surface area contributed by atoms with Crippen molar-refractivity contribution in [2.75, 3.05) is 0 Å². The minimum absolute atomic E-state index is 0.637. The monoisotopic (exact) mass is 527 g/mol. The Morgan fingerprint density at radius 2 is 1.17 bits per heavy atom. The highest BCUT2D eigenvalue weighted by Crippen LogP contribution is 2.30. The summed E-state index contributed by atoms with van der Waals surface area (Å²) >= 11 is 0. The maximum absolute atomic E-state index is 4.99. The number of rotatable bonds is 7. The van der Waals surface area contributed by atoms with Gasteiger partial charge in [-0.25, -0.2) is 15.0 Å². The number of fused-ring (bicyclic) bond motifs is 1. The van der Waals surface area contributed by atoms with Gasteiger partial charge in [-0.05, 0) is 45.5 Å². The molecular weight excluding hydrogens is 498 g/mol. The van der Waals surface area contributed by atoms with E-state index in [1.54, 1.807) is 0 Å². The average Bonchev–Trinajstić information content (AvgIpc) is 3.05. The van der Waals surface area contributed by atoms with E-state index in [1.165, 1.54) is 5.56 Å². The molecule has 0 fully saturated rings. The van der Waals surface area contributed by atoms with E-state index in [4.69, 9.17) is 15.0 Å². The van der Waals surface area contributed by atoms with Crippen molar-refractivity contribution in [3.63, 3.8) is 0 Å². The van der Waals surface area contributed by atoms with E-state index in [2.05, 4.69) is 110 Å². The second-order valence-electron chi connectivity index (χ2n) is 9.82. The van der Waals surface area contributed by atoms with Crippen molar-refractivity contribution in [1.82, 2.24) is 15.0 Å². The van der Waals surface area contributed by atoms with Gasteiger partial charge in [0.15, 0.2) is 17.5 Å². The van der Waals surface area contributed by atoms with Gasteiger partial charge in [0, 0.05) is 11.1 Å². The van der Waals surface area contributed by atoms with E-state index >= 15 is 0 Å². The molecule has 6 rings (SSSR count). The van der Waals surface area contributed by atoms with Crippen LogP contribution < -0.4 is 0 Å². The van der Waals surface area contributed by atoms with Gasteiger partial charge in [0.1, 0.15) is 0 Å². The molecule has 3 heteroatoms. The van der Waals surface area contributed by atoms with Gasteiger partial charge in [0.25, 0.3) is 0 Å². The minimum Gasteiger partial charge on any atom is -0.209 e. The van der Waals surface area contributed by atoms with Gasteiger partial charge < -0.3 is 0 Å². The van der Waals surface area contributed by atoms with Crippen LogP contribution in [-0.4, -0.2) is 15.0 Å². The zero-order valence-electron chi connectivity index (χ0n) is 22.9. The normalized spacial score (nSPS) is 11.9. The fourth-order valence-electron chi connectivity index (χ4n) is 4.87. The predicted molar refractivity (Wildman–Crippen MR) is 172 cm³/mol. The Morgan fingerprint density at radius 1 is 0.561 bits per heavy atom. The Hall–Kier alpha value is -5.41. The van der Waals surface area contributed by atoms with Gasteiger partial charge in [-0.2, -0.15) is 0 Å². The molecule has 6 aromatic rings. The van der Waals surface area contributed by atoms with Crippen LogP contribution in [-0.2, 0) is 0 Å². The maximum Gasteiger partial charge on any atom is 0.164 e. The molecule has 3 nitrogen and oxygen atoms in total. The largest absolute Gasteiger partial charge is 0.209 e. The Kier molecular flexibility index (Phi) is 7.42. The van der Waals surface area contributed by atoms with Crippen molar-refractivity contribution >= 4 is 21.9 Å². The molecule has 0 aliphatic carbocycles. The topological polar surface area (TPSA) is 38.7 Å². The fraction of sp³-hybridized carbons (Fsp3) is 0.0263. The molecule has 0 atom stereocenters. The number of aromatic nitrogens is 3. The predicted octanol–water partition coefficient (Wildman–Crippen LogP) is 9.70. The Balaban J connectivity index is 1.47. The molecule has 0 aliphatic heterocycles. The van der Waals surface area contributed by atoms with Crippen molar-refractivity contribution in [2.24, 2.45) is 0 Å². The molecule has 0 bridgehead atoms. The first-order valence-electron chi connectivity index (χ1n) is 13.7. The summed E-state index contributed by atoms with van der Waals surface area (Å²) in [5, 5.41) is 2.26. The second kappa shape index (κ2) is 11.8. The molecule has 0 radical (unpaired) electrons. The molecule has 0 saturated carbocycles. The van der Waals surface area contributed by atoms with Crippen molar-refractivity contribution in [2.45, 2.75) is 6.92 Å². The van der Waals surface area contributed by atoms with Crippen LogP contribution in [0.4, 0.5) is 0 Å². The maximum atomic E-state index is 4.99. The van der Waals surface area contributed by atoms with Crippen LogP contribution in [0.15, 0.2) is 152 Å². The lowest BCUT2D eigenvalue weighted by Crippen LogP contribution is -2.02. The summed E-state index contributed by atoms with van der Waals surface area (Å²) in [4.78, 5) is 14.9. The van der Waals surface area contributed by atoms with E-state index < -0.39 is 0 Å². The highest BCUT2D eigenvalue weighted by Gasteiger charge is 2.14. The van der Waals surface area contributed by atoms with Gasteiger partial charge >= 0.3 is 0 Å². The van der Waals surface area contributed by atoms with Crippen molar-refractivity contribution in [1.29, 1.82) is 0 Å². The molecule has 1 heterocycles. The summed E-state index contributed by atoms with van der Waals surface area (Å²) in [7, 11) is 0. The van der Waals surface area contributed by atoms with Gasteiger partial charge in [0.05, 0.1) is 0 Å². The van der Waals surface area contributed by atoms with Crippen LogP contribution in [0.1, 0.15) is 18.3 Å². The standard InChI is InChI=1S/C38H29N3/c1-3-28(29-13-6-4-7-14-29)22-21-27(2)36-39-37(33-25-23-31(24-26-33)30-15-8-5-9-16-30)41-38(40-36)35-20-12-18-32-17-10-11-19-34(32)35/h3-26H,1H2,2H3/b27-21+,28-22+. The summed E-state index contributed by atoms with van der Waals surface area (Å²) in [6.45, 7) is 6.05. The van der Waals surface area contributed by atoms with E-state index in [-0.39, 0.29) is 0 Å². The molecule has 41 heavy (non-hydrogen) atoms. The summed E-state index contributed by atoms with van der Waals surface area (Å²) in [5.41, 5.74) is 7.32. The molecule has 1 aromatic heterocycles. The van der Waals surface area contributed by atoms with E-state index in [9.17, 15) is 0 Å². The molecule has 0 saturated heterocycles. The molecular formula is C38H29N3. The number of nitrogens with zero attached hydrogens (tertiary/aromatic N) is 3. The molecule has 0 N–H and O–H groups in total. The summed E-state index contributed by atoms with van der Waals surface area (Å²) in [6, 6.07) is 43.6. The summed E-state index contributed by atoms with van der Waals surface area (Å²) in [5.74, 6) is 1.93. The van der Waals surface area contributed by atoms with Crippen LogP contribution in [0, 0.1) is 0 Å². The van der Waals surface area contributed by atoms with Crippen molar-refractivity contribution in [3.8, 4) is 33.9 Å². The highest BCUT2D eigenvalue weighted by molar-refractivity contribution is 5.95. The molecule has 0 spiro atoms. The lowest BCUT2D eigenvalue weighted by Gasteiger charge is -2.11. The van der Waals surface area contributed by atoms with Crippen LogP contribution in [0.5, 0.6) is 0 Å². The van der Waals surface area contributed by atoms with E-state index in [0.717, 1.165) is 44.2 Å². The molecule has 0 amide bonds. The first kappa shape index (κ1) is 25.8. The Bertz CT molecular complexity index is 1880. The number of hydrogen-bond donors (Lipinski definition) is 0. The lowest BCUT2D eigenvalue weighted by atomic mass is 10.0. The third-order valence-corrected chi connectivity index (χ3v) is 7.11. The SMILES string of the molecule is C=C/C(=C\C=C(/C)c1nc(-c2ccc(-c3ccccc3)cc2)nc(-c2cccc3ccccc23)n1)c1ccccc1.